The molecule has 2 unspecified atom stereocenters. The van der Waals surface area contributed by atoms with Gasteiger partial charge in [-0.15, -0.1) is 0 Å². The lowest BCUT2D eigenvalue weighted by atomic mass is 10.1. The first-order valence-corrected chi connectivity index (χ1v) is 8.25. The molecule has 0 aromatic carbocycles. The number of nitrogens with two attached hydrogens (primary N) is 1. The summed E-state index contributed by atoms with van der Waals surface area (Å²) in [5.41, 5.74) is 8.30. The van der Waals surface area contributed by atoms with E-state index >= 15 is 0 Å². The Morgan fingerprint density at radius 3 is 2.83 bits per heavy atom. The number of fused-ring (bicyclic) bond motifs is 1. The Hall–Kier alpha value is -2.18. The molecule has 0 amide bonds. The quantitative estimate of drug-likeness (QED) is 0.742. The topological polar surface area (TPSA) is 78.3 Å². The van der Waals surface area contributed by atoms with Crippen LogP contribution in [0.5, 0.6) is 5.88 Å². The molecule has 6 nitrogen and oxygen atoms in total. The fourth-order valence-electron chi connectivity index (χ4n) is 2.65. The molecule has 0 spiro atoms. The van der Waals surface area contributed by atoms with Crippen molar-refractivity contribution < 1.29 is 4.74 Å². The molecular formula is C17H20ClN5O. The van der Waals surface area contributed by atoms with E-state index < -0.39 is 0 Å². The average Bonchev–Trinajstić information content (AvgIpc) is 3.01. The van der Waals surface area contributed by atoms with Gasteiger partial charge in [0.15, 0.2) is 5.65 Å². The molecule has 3 heterocycles. The van der Waals surface area contributed by atoms with Gasteiger partial charge in [0.25, 0.3) is 0 Å². The minimum absolute atomic E-state index is 0.151. The van der Waals surface area contributed by atoms with Crippen LogP contribution in [0.15, 0.2) is 36.8 Å². The van der Waals surface area contributed by atoms with Gasteiger partial charge >= 0.3 is 0 Å². The van der Waals surface area contributed by atoms with Crippen LogP contribution < -0.4 is 10.5 Å². The first kappa shape index (κ1) is 16.7. The predicted octanol–water partition coefficient (Wildman–Crippen LogP) is 3.20. The van der Waals surface area contributed by atoms with Crippen molar-refractivity contribution in [2.45, 2.75) is 26.3 Å². The summed E-state index contributed by atoms with van der Waals surface area (Å²) in [5, 5.41) is 4.74. The molecule has 0 aliphatic heterocycles. The highest BCUT2D eigenvalue weighted by Gasteiger charge is 2.12. The number of pyridine rings is 1. The number of nitrogens with zero attached hydrogens (tertiary/aromatic N) is 4. The first-order valence-electron chi connectivity index (χ1n) is 7.87. The summed E-state index contributed by atoms with van der Waals surface area (Å²) in [7, 11) is 0. The van der Waals surface area contributed by atoms with E-state index in [-0.39, 0.29) is 6.04 Å². The van der Waals surface area contributed by atoms with E-state index in [1.54, 1.807) is 23.1 Å². The minimum atomic E-state index is 0.151. The molecule has 0 bridgehead atoms. The molecule has 3 rings (SSSR count). The summed E-state index contributed by atoms with van der Waals surface area (Å²) in [6.45, 7) is 4.62. The summed E-state index contributed by atoms with van der Waals surface area (Å²) in [6, 6.07) is 5.70. The van der Waals surface area contributed by atoms with Gasteiger partial charge in [-0.05, 0) is 31.4 Å². The van der Waals surface area contributed by atoms with Gasteiger partial charge in [0.1, 0.15) is 5.02 Å². The van der Waals surface area contributed by atoms with Gasteiger partial charge in [-0.1, -0.05) is 18.5 Å². The van der Waals surface area contributed by atoms with Crippen molar-refractivity contribution in [2.75, 3.05) is 6.61 Å². The molecule has 7 heteroatoms. The Bertz CT molecular complexity index is 833. The molecular weight excluding hydrogens is 326 g/mol. The Morgan fingerprint density at radius 1 is 1.25 bits per heavy atom. The van der Waals surface area contributed by atoms with Crippen LogP contribution in [-0.4, -0.2) is 32.2 Å². The molecule has 0 aliphatic rings. The van der Waals surface area contributed by atoms with Crippen molar-refractivity contribution in [3.05, 3.63) is 41.8 Å². The van der Waals surface area contributed by atoms with Gasteiger partial charge in [-0.25, -0.2) is 14.5 Å². The third-order valence-corrected chi connectivity index (χ3v) is 3.94. The monoisotopic (exact) mass is 345 g/mol. The van der Waals surface area contributed by atoms with E-state index in [1.807, 2.05) is 25.1 Å². The molecule has 3 aromatic heterocycles. The highest BCUT2D eigenvalue weighted by Crippen LogP contribution is 2.28. The second kappa shape index (κ2) is 7.15. The van der Waals surface area contributed by atoms with Crippen LogP contribution in [0.3, 0.4) is 0 Å². The Morgan fingerprint density at radius 2 is 2.08 bits per heavy atom. The normalized spacial score (nSPS) is 13.8. The fourth-order valence-corrected chi connectivity index (χ4v) is 2.87. The highest BCUT2D eigenvalue weighted by molar-refractivity contribution is 6.32. The zero-order valence-corrected chi connectivity index (χ0v) is 14.4. The van der Waals surface area contributed by atoms with Gasteiger partial charge in [-0.3, -0.25) is 0 Å². The van der Waals surface area contributed by atoms with Crippen molar-refractivity contribution in [1.82, 2.24) is 19.6 Å². The molecule has 126 valence electrons. The molecule has 0 aliphatic carbocycles. The average molecular weight is 346 g/mol. The third kappa shape index (κ3) is 3.66. The fraction of sp³-hybridized carbons (Fsp3) is 0.353. The van der Waals surface area contributed by atoms with E-state index in [0.29, 0.717) is 23.4 Å². The van der Waals surface area contributed by atoms with Gasteiger partial charge in [0.2, 0.25) is 5.88 Å². The summed E-state index contributed by atoms with van der Waals surface area (Å²) >= 11 is 6.34. The molecule has 24 heavy (non-hydrogen) atoms. The number of aromatic nitrogens is 4. The van der Waals surface area contributed by atoms with E-state index in [9.17, 15) is 0 Å². The molecule has 2 atom stereocenters. The van der Waals surface area contributed by atoms with Gasteiger partial charge < -0.3 is 10.5 Å². The largest absolute Gasteiger partial charge is 0.476 e. The number of halogens is 1. The van der Waals surface area contributed by atoms with E-state index in [4.69, 9.17) is 22.1 Å². The van der Waals surface area contributed by atoms with Crippen LogP contribution >= 0.6 is 11.6 Å². The zero-order valence-electron chi connectivity index (χ0n) is 13.7. The SMILES string of the molecule is CC(N)CC(C)COc1ncc(-c2ccnc3ccnn23)cc1Cl. The second-order valence-electron chi connectivity index (χ2n) is 6.07. The van der Waals surface area contributed by atoms with Crippen molar-refractivity contribution >= 4 is 17.2 Å². The maximum absolute atomic E-state index is 6.34. The number of hydrogen-bond donors (Lipinski definition) is 1. The molecule has 2 N–H and O–H groups in total. The summed E-state index contributed by atoms with van der Waals surface area (Å²) in [4.78, 5) is 8.60. The number of ether oxygens (including phenoxy) is 1. The predicted molar refractivity (Wildman–Crippen MR) is 94.2 cm³/mol. The van der Waals surface area contributed by atoms with Crippen molar-refractivity contribution in [3.63, 3.8) is 0 Å². The molecule has 0 saturated heterocycles. The van der Waals surface area contributed by atoms with Crippen LogP contribution in [-0.2, 0) is 0 Å². The van der Waals surface area contributed by atoms with Crippen LogP contribution in [0, 0.1) is 5.92 Å². The minimum Gasteiger partial charge on any atom is -0.476 e. The summed E-state index contributed by atoms with van der Waals surface area (Å²) in [5.74, 6) is 0.772. The van der Waals surface area contributed by atoms with Crippen LogP contribution in [0.1, 0.15) is 20.3 Å². The molecule has 0 fully saturated rings. The lowest BCUT2D eigenvalue weighted by molar-refractivity contribution is 0.238. The van der Waals surface area contributed by atoms with Gasteiger partial charge in [0, 0.05) is 30.1 Å². The van der Waals surface area contributed by atoms with E-state index in [2.05, 4.69) is 22.0 Å². The van der Waals surface area contributed by atoms with Crippen LogP contribution in [0.4, 0.5) is 0 Å². The molecule has 3 aromatic rings. The van der Waals surface area contributed by atoms with E-state index in [1.165, 1.54) is 0 Å². The summed E-state index contributed by atoms with van der Waals surface area (Å²) < 4.78 is 7.48. The van der Waals surface area contributed by atoms with Crippen LogP contribution in [0.25, 0.3) is 16.9 Å². The zero-order chi connectivity index (χ0) is 17.1. The van der Waals surface area contributed by atoms with Crippen molar-refractivity contribution in [3.8, 4) is 17.1 Å². The first-order chi connectivity index (χ1) is 11.5. The second-order valence-corrected chi connectivity index (χ2v) is 6.48. The molecule has 0 saturated carbocycles. The third-order valence-electron chi connectivity index (χ3n) is 3.67. The van der Waals surface area contributed by atoms with Gasteiger partial charge in [0.05, 0.1) is 18.5 Å². The lowest BCUT2D eigenvalue weighted by Crippen LogP contribution is -2.21. The Kier molecular flexibility index (Phi) is 4.97. The smallest absolute Gasteiger partial charge is 0.232 e. The van der Waals surface area contributed by atoms with E-state index in [0.717, 1.165) is 23.3 Å². The highest BCUT2D eigenvalue weighted by atomic mass is 35.5. The maximum atomic E-state index is 6.34. The van der Waals surface area contributed by atoms with Crippen molar-refractivity contribution in [1.29, 1.82) is 0 Å². The maximum Gasteiger partial charge on any atom is 0.232 e. The number of hydrogen-bond acceptors (Lipinski definition) is 5. The number of rotatable bonds is 6. The Labute approximate surface area is 145 Å². The Balaban J connectivity index is 1.79. The van der Waals surface area contributed by atoms with Gasteiger partial charge in [-0.2, -0.15) is 5.10 Å². The lowest BCUT2D eigenvalue weighted by Gasteiger charge is -2.15. The van der Waals surface area contributed by atoms with Crippen LogP contribution in [0.2, 0.25) is 5.02 Å². The summed E-state index contributed by atoms with van der Waals surface area (Å²) in [6.07, 6.45) is 6.07. The van der Waals surface area contributed by atoms with Crippen molar-refractivity contribution in [2.24, 2.45) is 11.7 Å². The standard InChI is InChI=1S/C17H20ClN5O/c1-11(7-12(2)19)10-24-17-14(18)8-13(9-21-17)15-3-5-20-16-4-6-22-23(15)16/h3-6,8-9,11-12H,7,10,19H2,1-2H3. The molecule has 0 radical (unpaired) electrons.